The van der Waals surface area contributed by atoms with E-state index in [-0.39, 0.29) is 6.04 Å². The number of rotatable bonds is 7. The molecule has 0 aromatic heterocycles. The van der Waals surface area contributed by atoms with Crippen molar-refractivity contribution in [1.82, 2.24) is 4.90 Å². The molecule has 0 bridgehead atoms. The monoisotopic (exact) mass is 300 g/mol. The molecule has 5 heteroatoms. The van der Waals surface area contributed by atoms with E-state index in [4.69, 9.17) is 5.73 Å². The summed E-state index contributed by atoms with van der Waals surface area (Å²) in [6.07, 6.45) is -0.885. The topological polar surface area (TPSA) is 29.3 Å². The van der Waals surface area contributed by atoms with Crippen molar-refractivity contribution < 1.29 is 13.2 Å². The highest BCUT2D eigenvalue weighted by molar-refractivity contribution is 5.28. The summed E-state index contributed by atoms with van der Waals surface area (Å²) >= 11 is 0. The lowest BCUT2D eigenvalue weighted by molar-refractivity contribution is -0.137. The van der Waals surface area contributed by atoms with E-state index in [9.17, 15) is 13.2 Å². The number of alkyl halides is 3. The normalized spacial score (nSPS) is 17.2. The average Bonchev–Trinajstić information content (AvgIpc) is 3.23. The van der Waals surface area contributed by atoms with Gasteiger partial charge in [0.1, 0.15) is 0 Å². The lowest BCUT2D eigenvalue weighted by atomic mass is 10.0. The Hall–Kier alpha value is -1.07. The van der Waals surface area contributed by atoms with Crippen LogP contribution in [0.25, 0.3) is 0 Å². The van der Waals surface area contributed by atoms with Gasteiger partial charge >= 0.3 is 6.18 Å². The van der Waals surface area contributed by atoms with Crippen LogP contribution >= 0.6 is 0 Å². The van der Waals surface area contributed by atoms with E-state index in [2.05, 4.69) is 11.8 Å². The molecule has 2 rings (SSSR count). The van der Waals surface area contributed by atoms with Crippen molar-refractivity contribution in [3.05, 3.63) is 35.4 Å². The number of hydrogen-bond acceptors (Lipinski definition) is 2. The second-order valence-corrected chi connectivity index (χ2v) is 5.81. The van der Waals surface area contributed by atoms with E-state index < -0.39 is 11.7 Å². The predicted octanol–water partition coefficient (Wildman–Crippen LogP) is 3.83. The number of benzene rings is 1. The minimum Gasteiger partial charge on any atom is -0.329 e. The van der Waals surface area contributed by atoms with Gasteiger partial charge in [0.05, 0.1) is 5.56 Å². The van der Waals surface area contributed by atoms with Crippen LogP contribution in [0.15, 0.2) is 24.3 Å². The van der Waals surface area contributed by atoms with Crippen molar-refractivity contribution in [3.8, 4) is 0 Å². The maximum Gasteiger partial charge on any atom is 0.416 e. The highest BCUT2D eigenvalue weighted by Crippen LogP contribution is 2.34. The zero-order chi connectivity index (χ0) is 15.5. The third-order valence-electron chi connectivity index (χ3n) is 3.96. The van der Waals surface area contributed by atoms with Crippen LogP contribution in [0.2, 0.25) is 0 Å². The Kier molecular flexibility index (Phi) is 5.27. The smallest absolute Gasteiger partial charge is 0.329 e. The first-order valence-electron chi connectivity index (χ1n) is 7.57. The second kappa shape index (κ2) is 6.79. The van der Waals surface area contributed by atoms with Crippen molar-refractivity contribution in [2.24, 2.45) is 11.7 Å². The van der Waals surface area contributed by atoms with Gasteiger partial charge in [0.15, 0.2) is 0 Å². The van der Waals surface area contributed by atoms with Crippen LogP contribution in [-0.4, -0.2) is 24.5 Å². The van der Waals surface area contributed by atoms with Gasteiger partial charge in [-0.15, -0.1) is 0 Å². The van der Waals surface area contributed by atoms with Crippen molar-refractivity contribution in [1.29, 1.82) is 0 Å². The lowest BCUT2D eigenvalue weighted by Crippen LogP contribution is -2.36. The third kappa shape index (κ3) is 4.45. The van der Waals surface area contributed by atoms with Gasteiger partial charge in [-0.3, -0.25) is 4.90 Å². The SMILES string of the molecule is CCCN(CC1CC1)C(CN)c1cccc(C(F)(F)F)c1. The highest BCUT2D eigenvalue weighted by atomic mass is 19.4. The fourth-order valence-electron chi connectivity index (χ4n) is 2.71. The van der Waals surface area contributed by atoms with Crippen LogP contribution in [0.3, 0.4) is 0 Å². The van der Waals surface area contributed by atoms with E-state index in [0.29, 0.717) is 18.0 Å². The zero-order valence-electron chi connectivity index (χ0n) is 12.4. The highest BCUT2D eigenvalue weighted by Gasteiger charge is 2.32. The van der Waals surface area contributed by atoms with Crippen molar-refractivity contribution in [2.45, 2.75) is 38.4 Å². The molecule has 1 aromatic carbocycles. The van der Waals surface area contributed by atoms with E-state index in [1.165, 1.54) is 25.0 Å². The molecule has 0 amide bonds. The van der Waals surface area contributed by atoms with Gasteiger partial charge in [-0.05, 0) is 49.4 Å². The first-order chi connectivity index (χ1) is 9.95. The molecular weight excluding hydrogens is 277 g/mol. The molecule has 1 fully saturated rings. The van der Waals surface area contributed by atoms with E-state index in [0.717, 1.165) is 25.6 Å². The summed E-state index contributed by atoms with van der Waals surface area (Å²) in [4.78, 5) is 2.24. The molecule has 21 heavy (non-hydrogen) atoms. The van der Waals surface area contributed by atoms with Crippen LogP contribution in [0.4, 0.5) is 13.2 Å². The van der Waals surface area contributed by atoms with Gasteiger partial charge in [-0.2, -0.15) is 13.2 Å². The molecule has 0 saturated heterocycles. The van der Waals surface area contributed by atoms with Gasteiger partial charge in [-0.25, -0.2) is 0 Å². The molecule has 1 saturated carbocycles. The summed E-state index contributed by atoms with van der Waals surface area (Å²) in [5, 5.41) is 0. The Balaban J connectivity index is 2.21. The summed E-state index contributed by atoms with van der Waals surface area (Å²) in [6.45, 7) is 4.23. The van der Waals surface area contributed by atoms with Gasteiger partial charge in [0.2, 0.25) is 0 Å². The average molecular weight is 300 g/mol. The molecule has 1 aliphatic rings. The van der Waals surface area contributed by atoms with Gasteiger partial charge in [0, 0.05) is 19.1 Å². The van der Waals surface area contributed by atoms with E-state index in [1.54, 1.807) is 6.07 Å². The Morgan fingerprint density at radius 3 is 2.57 bits per heavy atom. The molecule has 0 aliphatic heterocycles. The molecule has 1 aliphatic carbocycles. The van der Waals surface area contributed by atoms with Crippen LogP contribution in [-0.2, 0) is 6.18 Å². The summed E-state index contributed by atoms with van der Waals surface area (Å²) in [6, 6.07) is 5.45. The molecule has 0 spiro atoms. The van der Waals surface area contributed by atoms with E-state index >= 15 is 0 Å². The molecule has 1 atom stereocenters. The molecular formula is C16H23F3N2. The second-order valence-electron chi connectivity index (χ2n) is 5.81. The standard InChI is InChI=1S/C16H23F3N2/c1-2-8-21(11-12-6-7-12)15(10-20)13-4-3-5-14(9-13)16(17,18)19/h3-5,9,12,15H,2,6-8,10-11,20H2,1H3. The fraction of sp³-hybridized carbons (Fsp3) is 0.625. The predicted molar refractivity (Wildman–Crippen MR) is 77.8 cm³/mol. The largest absolute Gasteiger partial charge is 0.416 e. The minimum absolute atomic E-state index is 0.132. The Morgan fingerprint density at radius 1 is 1.33 bits per heavy atom. The van der Waals surface area contributed by atoms with Crippen LogP contribution < -0.4 is 5.73 Å². The zero-order valence-corrected chi connectivity index (χ0v) is 12.4. The Morgan fingerprint density at radius 2 is 2.05 bits per heavy atom. The Bertz CT molecular complexity index is 455. The van der Waals surface area contributed by atoms with Crippen LogP contribution in [0.5, 0.6) is 0 Å². The lowest BCUT2D eigenvalue weighted by Gasteiger charge is -2.31. The van der Waals surface area contributed by atoms with Crippen LogP contribution in [0, 0.1) is 5.92 Å². The van der Waals surface area contributed by atoms with Crippen molar-refractivity contribution >= 4 is 0 Å². The van der Waals surface area contributed by atoms with Gasteiger partial charge in [0.25, 0.3) is 0 Å². The first-order valence-corrected chi connectivity index (χ1v) is 7.57. The molecule has 0 heterocycles. The van der Waals surface area contributed by atoms with E-state index in [1.807, 2.05) is 0 Å². The molecule has 2 N–H and O–H groups in total. The van der Waals surface area contributed by atoms with Crippen molar-refractivity contribution in [2.75, 3.05) is 19.6 Å². The first kappa shape index (κ1) is 16.3. The number of hydrogen-bond donors (Lipinski definition) is 1. The maximum absolute atomic E-state index is 12.9. The fourth-order valence-corrected chi connectivity index (χ4v) is 2.71. The molecule has 1 aromatic rings. The molecule has 0 radical (unpaired) electrons. The number of nitrogens with zero attached hydrogens (tertiary/aromatic N) is 1. The van der Waals surface area contributed by atoms with Gasteiger partial charge in [-0.1, -0.05) is 19.1 Å². The summed E-state index contributed by atoms with van der Waals surface area (Å²) in [5.74, 6) is 0.691. The van der Waals surface area contributed by atoms with Crippen LogP contribution in [0.1, 0.15) is 43.4 Å². The summed E-state index contributed by atoms with van der Waals surface area (Å²) < 4.78 is 38.6. The minimum atomic E-state index is -4.30. The van der Waals surface area contributed by atoms with Crippen molar-refractivity contribution in [3.63, 3.8) is 0 Å². The summed E-state index contributed by atoms with van der Waals surface area (Å²) in [7, 11) is 0. The number of halogens is 3. The molecule has 118 valence electrons. The number of nitrogens with two attached hydrogens (primary N) is 1. The summed E-state index contributed by atoms with van der Waals surface area (Å²) in [5.41, 5.74) is 5.94. The molecule has 2 nitrogen and oxygen atoms in total. The van der Waals surface area contributed by atoms with Gasteiger partial charge < -0.3 is 5.73 Å². The molecule has 1 unspecified atom stereocenters. The quantitative estimate of drug-likeness (QED) is 0.829. The Labute approximate surface area is 124 Å². The third-order valence-corrected chi connectivity index (χ3v) is 3.96. The maximum atomic E-state index is 12.9.